The molecule has 124 valence electrons. The predicted molar refractivity (Wildman–Crippen MR) is 82.5 cm³/mol. The minimum absolute atomic E-state index is 0.00880. The molecule has 0 radical (unpaired) electrons. The van der Waals surface area contributed by atoms with E-state index in [0.29, 0.717) is 5.56 Å². The van der Waals surface area contributed by atoms with Crippen molar-refractivity contribution in [3.63, 3.8) is 0 Å². The van der Waals surface area contributed by atoms with Crippen molar-refractivity contribution in [2.45, 2.75) is 46.4 Å². The van der Waals surface area contributed by atoms with Gasteiger partial charge in [-0.25, -0.2) is 0 Å². The van der Waals surface area contributed by atoms with Crippen LogP contribution in [0.4, 0.5) is 13.2 Å². The highest BCUT2D eigenvalue weighted by Crippen LogP contribution is 2.44. The lowest BCUT2D eigenvalue weighted by molar-refractivity contribution is -0.223. The van der Waals surface area contributed by atoms with Crippen molar-refractivity contribution in [2.75, 3.05) is 0 Å². The van der Waals surface area contributed by atoms with Crippen molar-refractivity contribution in [2.24, 2.45) is 0 Å². The third-order valence-corrected chi connectivity index (χ3v) is 3.81. The Morgan fingerprint density at radius 2 is 1.74 bits per heavy atom. The van der Waals surface area contributed by atoms with Crippen LogP contribution in [0.1, 0.15) is 41.7 Å². The Hall–Kier alpha value is -2.04. The van der Waals surface area contributed by atoms with E-state index in [-0.39, 0.29) is 12.0 Å². The van der Waals surface area contributed by atoms with E-state index in [0.717, 1.165) is 22.3 Å². The average molecular weight is 324 g/mol. The summed E-state index contributed by atoms with van der Waals surface area (Å²) >= 11 is 0. The normalized spacial score (nSPS) is 13.2. The lowest BCUT2D eigenvalue weighted by Crippen LogP contribution is -2.26. The molecule has 0 unspecified atom stereocenters. The van der Waals surface area contributed by atoms with Crippen molar-refractivity contribution in [1.82, 2.24) is 0 Å². The first-order valence-electron chi connectivity index (χ1n) is 7.41. The molecule has 0 fully saturated rings. The van der Waals surface area contributed by atoms with Crippen molar-refractivity contribution < 1.29 is 22.7 Å². The van der Waals surface area contributed by atoms with Crippen LogP contribution in [0.15, 0.2) is 24.3 Å². The van der Waals surface area contributed by atoms with Crippen LogP contribution in [-0.2, 0) is 9.53 Å². The lowest BCUT2D eigenvalue weighted by atomic mass is 9.98. The van der Waals surface area contributed by atoms with E-state index >= 15 is 0 Å². The zero-order valence-electron chi connectivity index (χ0n) is 13.5. The molecule has 0 saturated heterocycles. The van der Waals surface area contributed by atoms with Crippen LogP contribution >= 0.6 is 0 Å². The Morgan fingerprint density at radius 1 is 1.13 bits per heavy atom. The molecule has 0 saturated carbocycles. The Bertz CT molecular complexity index is 704. The second-order valence-corrected chi connectivity index (χ2v) is 5.74. The first-order chi connectivity index (χ1) is 10.6. The molecular weight excluding hydrogens is 305 g/mol. The molecule has 23 heavy (non-hydrogen) atoms. The summed E-state index contributed by atoms with van der Waals surface area (Å²) in [6.07, 6.45) is -7.00. The van der Waals surface area contributed by atoms with Gasteiger partial charge in [-0.15, -0.1) is 0 Å². The molecule has 5 heteroatoms. The molecule has 0 amide bonds. The number of aryl methyl sites for hydroxylation is 3. The summed E-state index contributed by atoms with van der Waals surface area (Å²) in [6.45, 7) is 7.00. The summed E-state index contributed by atoms with van der Waals surface area (Å²) in [5.74, 6) is -0.868. The van der Waals surface area contributed by atoms with Crippen LogP contribution in [0, 0.1) is 20.8 Å². The summed E-state index contributed by atoms with van der Waals surface area (Å²) in [5, 5.41) is 0. The zero-order valence-corrected chi connectivity index (χ0v) is 13.5. The van der Waals surface area contributed by atoms with Crippen LogP contribution in [0.2, 0.25) is 0 Å². The fourth-order valence-corrected chi connectivity index (χ4v) is 2.88. The minimum atomic E-state index is -4.66. The fourth-order valence-electron chi connectivity index (χ4n) is 2.88. The molecule has 0 aliphatic heterocycles. The largest absolute Gasteiger partial charge is 0.448 e. The van der Waals surface area contributed by atoms with Crippen LogP contribution in [0.3, 0.4) is 0 Å². The molecule has 2 aliphatic rings. The molecule has 2 aliphatic carbocycles. The van der Waals surface area contributed by atoms with Gasteiger partial charge in [0.1, 0.15) is 0 Å². The van der Waals surface area contributed by atoms with Gasteiger partial charge in [0.05, 0.1) is 0 Å². The van der Waals surface area contributed by atoms with Crippen molar-refractivity contribution in [3.05, 3.63) is 46.5 Å². The van der Waals surface area contributed by atoms with E-state index in [9.17, 15) is 18.0 Å². The van der Waals surface area contributed by atoms with Crippen LogP contribution in [0.25, 0.3) is 11.1 Å². The average Bonchev–Trinajstić information content (AvgIpc) is 2.82. The molecule has 2 nitrogen and oxygen atoms in total. The summed E-state index contributed by atoms with van der Waals surface area (Å²) in [4.78, 5) is 11.4. The van der Waals surface area contributed by atoms with E-state index in [1.54, 1.807) is 13.0 Å². The van der Waals surface area contributed by atoms with Crippen molar-refractivity contribution in [3.8, 4) is 11.1 Å². The van der Waals surface area contributed by atoms with Gasteiger partial charge in [0, 0.05) is 12.0 Å². The molecule has 0 aromatic rings. The number of alkyl halides is 3. The third-order valence-electron chi connectivity index (χ3n) is 3.81. The number of rotatable bonds is 3. The Balaban J connectivity index is 2.65. The SMILES string of the molecule is CCC(=O)O[C@@H](c1ccc2c(C)cc(C)cc(C)c1-2)C(F)(F)F. The molecule has 0 bridgehead atoms. The number of fused-ring (bicyclic) bond motifs is 1. The quantitative estimate of drug-likeness (QED) is 0.719. The third kappa shape index (κ3) is 3.49. The van der Waals surface area contributed by atoms with Crippen LogP contribution < -0.4 is 0 Å². The van der Waals surface area contributed by atoms with Gasteiger partial charge in [-0.1, -0.05) is 36.8 Å². The van der Waals surface area contributed by atoms with Gasteiger partial charge in [0.2, 0.25) is 6.10 Å². The second kappa shape index (κ2) is 6.22. The van der Waals surface area contributed by atoms with Crippen molar-refractivity contribution >= 4 is 5.97 Å². The van der Waals surface area contributed by atoms with Gasteiger partial charge in [0.15, 0.2) is 0 Å². The molecule has 2 rings (SSSR count). The lowest BCUT2D eigenvalue weighted by Gasteiger charge is -2.21. The van der Waals surface area contributed by atoms with Crippen molar-refractivity contribution in [1.29, 1.82) is 0 Å². The second-order valence-electron chi connectivity index (χ2n) is 5.74. The summed E-state index contributed by atoms with van der Waals surface area (Å²) in [6, 6.07) is 6.83. The van der Waals surface area contributed by atoms with E-state index in [1.807, 2.05) is 26.0 Å². The number of carbonyl (C=O) groups excluding carboxylic acids is 1. The van der Waals surface area contributed by atoms with E-state index in [4.69, 9.17) is 4.74 Å². The first kappa shape index (κ1) is 17.3. The topological polar surface area (TPSA) is 26.3 Å². The maximum absolute atomic E-state index is 13.4. The van der Waals surface area contributed by atoms with Gasteiger partial charge in [-0.2, -0.15) is 13.2 Å². The Labute approximate surface area is 133 Å². The van der Waals surface area contributed by atoms with Gasteiger partial charge < -0.3 is 4.74 Å². The van der Waals surface area contributed by atoms with Gasteiger partial charge in [0.25, 0.3) is 0 Å². The molecule has 1 atom stereocenters. The highest BCUT2D eigenvalue weighted by atomic mass is 19.4. The summed E-state index contributed by atoms with van der Waals surface area (Å²) < 4.78 is 45.0. The van der Waals surface area contributed by atoms with E-state index in [2.05, 4.69) is 0 Å². The number of ether oxygens (including phenoxy) is 1. The fraction of sp³-hybridized carbons (Fsp3) is 0.389. The molecule has 0 heterocycles. The van der Waals surface area contributed by atoms with Gasteiger partial charge in [-0.05, 0) is 43.0 Å². The molecular formula is C18H19F3O2. The predicted octanol–water partition coefficient (Wildman–Crippen LogP) is 5.27. The highest BCUT2D eigenvalue weighted by molar-refractivity contribution is 5.78. The molecule has 0 aromatic carbocycles. The minimum Gasteiger partial charge on any atom is -0.448 e. The van der Waals surface area contributed by atoms with E-state index < -0.39 is 18.2 Å². The maximum Gasteiger partial charge on any atom is 0.429 e. The molecule has 0 spiro atoms. The summed E-state index contributed by atoms with van der Waals surface area (Å²) in [5.41, 5.74) is 3.82. The standard InChI is InChI=1S/C18H19F3O2/c1-5-15(22)23-17(18(19,20)21)14-7-6-13-11(3)8-10(2)9-12(4)16(13)14/h6-9,17H,5H2,1-4H3/t17-/m0/s1. The number of hydrogen-bond donors (Lipinski definition) is 0. The number of esters is 1. The number of halogens is 3. The highest BCUT2D eigenvalue weighted by Gasteiger charge is 2.45. The Morgan fingerprint density at radius 3 is 2.30 bits per heavy atom. The first-order valence-corrected chi connectivity index (χ1v) is 7.41. The number of carbonyl (C=O) groups is 1. The van der Waals surface area contributed by atoms with Gasteiger partial charge in [-0.3, -0.25) is 4.79 Å². The maximum atomic E-state index is 13.4. The molecule has 0 N–H and O–H groups in total. The van der Waals surface area contributed by atoms with Gasteiger partial charge >= 0.3 is 12.1 Å². The zero-order chi connectivity index (χ0) is 17.4. The van der Waals surface area contributed by atoms with Crippen LogP contribution in [0.5, 0.6) is 0 Å². The Kier molecular flexibility index (Phi) is 4.68. The monoisotopic (exact) mass is 324 g/mol. The smallest absolute Gasteiger partial charge is 0.429 e. The van der Waals surface area contributed by atoms with E-state index in [1.165, 1.54) is 13.0 Å². The molecule has 0 aromatic heterocycles. The van der Waals surface area contributed by atoms with Crippen LogP contribution in [-0.4, -0.2) is 12.1 Å². The summed E-state index contributed by atoms with van der Waals surface area (Å²) in [7, 11) is 0. The number of hydrogen-bond acceptors (Lipinski definition) is 2.